The SMILES string of the molecule is CC[C@@H](C(=O)NC(C)C)N(Cc1ccc(Cl)c(Cl)c1)C(=O)CN(c1cc(Cl)ccc1Cl)S(=O)(=O)c1ccc(C)cc1. The van der Waals surface area contributed by atoms with Crippen LogP contribution < -0.4 is 9.62 Å². The van der Waals surface area contributed by atoms with Gasteiger partial charge in [-0.15, -0.1) is 0 Å². The number of nitrogens with zero attached hydrogens (tertiary/aromatic N) is 2. The van der Waals surface area contributed by atoms with Gasteiger partial charge < -0.3 is 10.2 Å². The number of aryl methyl sites for hydroxylation is 1. The second-order valence-corrected chi connectivity index (χ2v) is 13.3. The maximum atomic E-state index is 14.1. The van der Waals surface area contributed by atoms with Gasteiger partial charge in [-0.2, -0.15) is 0 Å². The highest BCUT2D eigenvalue weighted by molar-refractivity contribution is 7.92. The molecule has 0 saturated heterocycles. The summed E-state index contributed by atoms with van der Waals surface area (Å²) in [7, 11) is -4.29. The van der Waals surface area contributed by atoms with Gasteiger partial charge in [0.05, 0.1) is 25.7 Å². The molecule has 0 aliphatic rings. The minimum absolute atomic E-state index is 0.0263. The van der Waals surface area contributed by atoms with Crippen LogP contribution in [0.15, 0.2) is 65.6 Å². The first kappa shape index (κ1) is 33.0. The number of rotatable bonds is 11. The summed E-state index contributed by atoms with van der Waals surface area (Å²) in [4.78, 5) is 28.6. The summed E-state index contributed by atoms with van der Waals surface area (Å²) in [6.45, 7) is 6.55. The van der Waals surface area contributed by atoms with Gasteiger partial charge in [0.25, 0.3) is 10.0 Å². The van der Waals surface area contributed by atoms with Crippen molar-refractivity contribution in [2.75, 3.05) is 10.8 Å². The van der Waals surface area contributed by atoms with Crippen LogP contribution in [0.1, 0.15) is 38.3 Å². The van der Waals surface area contributed by atoms with Crippen LogP contribution in [-0.4, -0.2) is 43.8 Å². The smallest absolute Gasteiger partial charge is 0.264 e. The molecule has 3 rings (SSSR count). The average molecular weight is 659 g/mol. The Morgan fingerprint density at radius 3 is 2.10 bits per heavy atom. The maximum absolute atomic E-state index is 14.1. The van der Waals surface area contributed by atoms with E-state index in [0.717, 1.165) is 9.87 Å². The molecule has 0 aliphatic heterocycles. The molecule has 1 atom stereocenters. The summed E-state index contributed by atoms with van der Waals surface area (Å²) >= 11 is 25.0. The zero-order valence-corrected chi connectivity index (χ0v) is 26.8. The number of hydrogen-bond acceptors (Lipinski definition) is 4. The van der Waals surface area contributed by atoms with E-state index in [2.05, 4.69) is 5.32 Å². The first-order chi connectivity index (χ1) is 19.2. The molecule has 12 heteroatoms. The molecule has 2 amide bonds. The zero-order chi connectivity index (χ0) is 30.5. The monoisotopic (exact) mass is 657 g/mol. The lowest BCUT2D eigenvalue weighted by Gasteiger charge is -2.33. The number of benzene rings is 3. The molecule has 0 unspecified atom stereocenters. The van der Waals surface area contributed by atoms with Crippen LogP contribution in [0, 0.1) is 6.92 Å². The fraction of sp³-hybridized carbons (Fsp3) is 0.310. The zero-order valence-electron chi connectivity index (χ0n) is 23.0. The summed E-state index contributed by atoms with van der Waals surface area (Å²) in [6, 6.07) is 14.4. The Labute approximate surface area is 261 Å². The van der Waals surface area contributed by atoms with Gasteiger partial charge in [0.1, 0.15) is 12.6 Å². The van der Waals surface area contributed by atoms with Crippen molar-refractivity contribution in [1.29, 1.82) is 0 Å². The van der Waals surface area contributed by atoms with E-state index in [0.29, 0.717) is 10.6 Å². The molecule has 0 spiro atoms. The molecule has 0 saturated carbocycles. The third kappa shape index (κ3) is 8.30. The van der Waals surface area contributed by atoms with Crippen LogP contribution in [0.25, 0.3) is 0 Å². The second kappa shape index (κ2) is 14.1. The minimum Gasteiger partial charge on any atom is -0.352 e. The van der Waals surface area contributed by atoms with E-state index in [1.54, 1.807) is 37.3 Å². The Bertz CT molecular complexity index is 1510. The largest absolute Gasteiger partial charge is 0.352 e. The van der Waals surface area contributed by atoms with Crippen molar-refractivity contribution < 1.29 is 18.0 Å². The van der Waals surface area contributed by atoms with Gasteiger partial charge in [0.15, 0.2) is 0 Å². The predicted molar refractivity (Wildman–Crippen MR) is 167 cm³/mol. The molecule has 41 heavy (non-hydrogen) atoms. The van der Waals surface area contributed by atoms with E-state index in [1.165, 1.54) is 35.2 Å². The molecule has 0 fully saturated rings. The number of anilines is 1. The Morgan fingerprint density at radius 2 is 1.51 bits per heavy atom. The third-order valence-electron chi connectivity index (χ3n) is 6.22. The molecule has 7 nitrogen and oxygen atoms in total. The van der Waals surface area contributed by atoms with Crippen LogP contribution >= 0.6 is 46.4 Å². The topological polar surface area (TPSA) is 86.8 Å². The van der Waals surface area contributed by atoms with Gasteiger partial charge in [-0.3, -0.25) is 13.9 Å². The fourth-order valence-electron chi connectivity index (χ4n) is 4.16. The Balaban J connectivity index is 2.12. The van der Waals surface area contributed by atoms with Crippen molar-refractivity contribution in [2.45, 2.75) is 57.6 Å². The van der Waals surface area contributed by atoms with Gasteiger partial charge in [-0.25, -0.2) is 8.42 Å². The quantitative estimate of drug-likeness (QED) is 0.237. The fourth-order valence-corrected chi connectivity index (χ4v) is 6.34. The number of halogens is 4. The van der Waals surface area contributed by atoms with Gasteiger partial charge in [0, 0.05) is 17.6 Å². The van der Waals surface area contributed by atoms with E-state index in [1.807, 2.05) is 20.8 Å². The molecule has 0 heterocycles. The maximum Gasteiger partial charge on any atom is 0.264 e. The Hall–Kier alpha value is -2.49. The Kier molecular flexibility index (Phi) is 11.4. The number of sulfonamides is 1. The highest BCUT2D eigenvalue weighted by Crippen LogP contribution is 2.33. The number of carbonyl (C=O) groups is 2. The molecule has 3 aromatic rings. The van der Waals surface area contributed by atoms with Crippen LogP contribution in [-0.2, 0) is 26.2 Å². The van der Waals surface area contributed by atoms with E-state index >= 15 is 0 Å². The molecule has 0 aliphatic carbocycles. The van der Waals surface area contributed by atoms with Crippen molar-refractivity contribution in [3.63, 3.8) is 0 Å². The highest BCUT2D eigenvalue weighted by Gasteiger charge is 2.34. The predicted octanol–water partition coefficient (Wildman–Crippen LogP) is 7.14. The normalized spacial score (nSPS) is 12.2. The van der Waals surface area contributed by atoms with E-state index in [4.69, 9.17) is 46.4 Å². The molecule has 3 aromatic carbocycles. The van der Waals surface area contributed by atoms with Gasteiger partial charge >= 0.3 is 0 Å². The van der Waals surface area contributed by atoms with Crippen LogP contribution in [0.5, 0.6) is 0 Å². The van der Waals surface area contributed by atoms with Gasteiger partial charge in [0.2, 0.25) is 11.8 Å². The summed E-state index contributed by atoms with van der Waals surface area (Å²) in [6.07, 6.45) is 0.272. The van der Waals surface area contributed by atoms with E-state index < -0.39 is 28.5 Å². The second-order valence-electron chi connectivity index (χ2n) is 9.78. The summed E-state index contributed by atoms with van der Waals surface area (Å²) in [5, 5.41) is 3.78. The average Bonchev–Trinajstić information content (AvgIpc) is 2.90. The summed E-state index contributed by atoms with van der Waals surface area (Å²) in [5.41, 5.74) is 1.50. The standard InChI is InChI=1S/C29H31Cl4N3O4S/c1-5-26(29(38)34-18(2)3)35(16-20-8-12-23(31)25(33)14-20)28(37)17-36(27-15-21(30)9-13-24(27)32)41(39,40)22-10-6-19(4)7-11-22/h6-15,18,26H,5,16-17H2,1-4H3,(H,34,38)/t26-/m0/s1. The number of nitrogens with one attached hydrogen (secondary N) is 1. The van der Waals surface area contributed by atoms with E-state index in [9.17, 15) is 18.0 Å². The van der Waals surface area contributed by atoms with E-state index in [-0.39, 0.29) is 50.6 Å². The van der Waals surface area contributed by atoms with Gasteiger partial charge in [-0.05, 0) is 75.2 Å². The lowest BCUT2D eigenvalue weighted by atomic mass is 10.1. The van der Waals surface area contributed by atoms with Crippen molar-refractivity contribution in [2.24, 2.45) is 0 Å². The molecule has 1 N–H and O–H groups in total. The number of hydrogen-bond donors (Lipinski definition) is 1. The van der Waals surface area contributed by atoms with Crippen molar-refractivity contribution in [3.8, 4) is 0 Å². The minimum atomic E-state index is -4.29. The molecule has 220 valence electrons. The van der Waals surface area contributed by atoms with Gasteiger partial charge in [-0.1, -0.05) is 77.1 Å². The summed E-state index contributed by atoms with van der Waals surface area (Å²) < 4.78 is 28.9. The highest BCUT2D eigenvalue weighted by atomic mass is 35.5. The third-order valence-corrected chi connectivity index (χ3v) is 9.29. The molecule has 0 bridgehead atoms. The molecular weight excluding hydrogens is 628 g/mol. The van der Waals surface area contributed by atoms with Crippen molar-refractivity contribution >= 4 is 73.9 Å². The molecular formula is C29H31Cl4N3O4S. The lowest BCUT2D eigenvalue weighted by molar-refractivity contribution is -0.140. The number of amides is 2. The molecule has 0 aromatic heterocycles. The van der Waals surface area contributed by atoms with Crippen molar-refractivity contribution in [3.05, 3.63) is 91.9 Å². The Morgan fingerprint density at radius 1 is 0.878 bits per heavy atom. The lowest BCUT2D eigenvalue weighted by Crippen LogP contribution is -2.53. The van der Waals surface area contributed by atoms with Crippen molar-refractivity contribution in [1.82, 2.24) is 10.2 Å². The first-order valence-corrected chi connectivity index (χ1v) is 15.8. The first-order valence-electron chi connectivity index (χ1n) is 12.8. The van der Waals surface area contributed by atoms with Crippen LogP contribution in [0.2, 0.25) is 20.1 Å². The van der Waals surface area contributed by atoms with Crippen LogP contribution in [0.4, 0.5) is 5.69 Å². The van der Waals surface area contributed by atoms with Crippen LogP contribution in [0.3, 0.4) is 0 Å². The molecule has 0 radical (unpaired) electrons. The number of carbonyl (C=O) groups excluding carboxylic acids is 2. The summed E-state index contributed by atoms with van der Waals surface area (Å²) in [5.74, 6) is -1.00.